The van der Waals surface area contributed by atoms with Crippen LogP contribution in [0.4, 0.5) is 11.8 Å². The Kier molecular flexibility index (Phi) is 4.20. The molecule has 0 bridgehead atoms. The van der Waals surface area contributed by atoms with Crippen molar-refractivity contribution in [3.05, 3.63) is 35.9 Å². The summed E-state index contributed by atoms with van der Waals surface area (Å²) in [6.45, 7) is 3.03. The quantitative estimate of drug-likeness (QED) is 0.723. The van der Waals surface area contributed by atoms with Gasteiger partial charge in [-0.3, -0.25) is 0 Å². The van der Waals surface area contributed by atoms with Gasteiger partial charge in [-0.25, -0.2) is 0 Å². The van der Waals surface area contributed by atoms with Crippen molar-refractivity contribution < 1.29 is 9.52 Å². The van der Waals surface area contributed by atoms with Crippen molar-refractivity contribution in [3.8, 4) is 0 Å². The van der Waals surface area contributed by atoms with Gasteiger partial charge in [-0.1, -0.05) is 0 Å². The standard InChI is InChI=1S/C16H21N5O2/c1-11-9-13-14(17-11)18-16(20(2)3)19-15(13)21(6-7-22)10-12-5-4-8-23-12/h4-5,8-9,22H,6-7,10H2,1-3H3,(H,17,18,19). The van der Waals surface area contributed by atoms with E-state index >= 15 is 0 Å². The minimum Gasteiger partial charge on any atom is -0.467 e. The molecule has 0 spiro atoms. The zero-order chi connectivity index (χ0) is 16.4. The zero-order valence-corrected chi connectivity index (χ0v) is 13.6. The van der Waals surface area contributed by atoms with Crippen LogP contribution in [0, 0.1) is 6.92 Å². The molecule has 7 heteroatoms. The average molecular weight is 315 g/mol. The third-order valence-corrected chi connectivity index (χ3v) is 3.59. The minimum absolute atomic E-state index is 0.0346. The van der Waals surface area contributed by atoms with Crippen LogP contribution in [-0.2, 0) is 6.54 Å². The van der Waals surface area contributed by atoms with Crippen LogP contribution in [0.3, 0.4) is 0 Å². The van der Waals surface area contributed by atoms with Crippen LogP contribution in [0.25, 0.3) is 11.0 Å². The lowest BCUT2D eigenvalue weighted by atomic mass is 10.3. The monoisotopic (exact) mass is 315 g/mol. The molecule has 3 aromatic rings. The summed E-state index contributed by atoms with van der Waals surface area (Å²) in [6.07, 6.45) is 1.65. The summed E-state index contributed by atoms with van der Waals surface area (Å²) in [4.78, 5) is 16.4. The molecule has 3 rings (SSSR count). The van der Waals surface area contributed by atoms with Crippen LogP contribution in [0.15, 0.2) is 28.9 Å². The highest BCUT2D eigenvalue weighted by Gasteiger charge is 2.18. The van der Waals surface area contributed by atoms with Gasteiger partial charge in [-0.2, -0.15) is 9.97 Å². The van der Waals surface area contributed by atoms with E-state index in [4.69, 9.17) is 4.42 Å². The second-order valence-electron chi connectivity index (χ2n) is 5.68. The molecule has 122 valence electrons. The van der Waals surface area contributed by atoms with Crippen molar-refractivity contribution >= 4 is 22.8 Å². The summed E-state index contributed by atoms with van der Waals surface area (Å²) in [6, 6.07) is 5.79. The fourth-order valence-electron chi connectivity index (χ4n) is 2.53. The number of aliphatic hydroxyl groups is 1. The molecular weight excluding hydrogens is 294 g/mol. The number of anilines is 2. The molecule has 0 atom stereocenters. The van der Waals surface area contributed by atoms with E-state index in [1.807, 2.05) is 49.0 Å². The van der Waals surface area contributed by atoms with E-state index < -0.39 is 0 Å². The maximum atomic E-state index is 9.45. The van der Waals surface area contributed by atoms with E-state index in [9.17, 15) is 5.11 Å². The van der Waals surface area contributed by atoms with Gasteiger partial charge >= 0.3 is 0 Å². The fraction of sp³-hybridized carbons (Fsp3) is 0.375. The van der Waals surface area contributed by atoms with Gasteiger partial charge in [-0.05, 0) is 25.1 Å². The smallest absolute Gasteiger partial charge is 0.228 e. The first-order chi connectivity index (χ1) is 11.1. The highest BCUT2D eigenvalue weighted by Crippen LogP contribution is 2.28. The molecule has 0 aliphatic carbocycles. The predicted molar refractivity (Wildman–Crippen MR) is 89.8 cm³/mol. The topological polar surface area (TPSA) is 81.4 Å². The first kappa shape index (κ1) is 15.4. The van der Waals surface area contributed by atoms with Crippen LogP contribution >= 0.6 is 0 Å². The van der Waals surface area contributed by atoms with E-state index in [0.717, 1.165) is 28.3 Å². The van der Waals surface area contributed by atoms with Gasteiger partial charge in [0, 0.05) is 26.3 Å². The van der Waals surface area contributed by atoms with E-state index in [1.54, 1.807) is 6.26 Å². The molecule has 0 saturated carbocycles. The van der Waals surface area contributed by atoms with E-state index in [-0.39, 0.29) is 6.61 Å². The fourth-order valence-corrected chi connectivity index (χ4v) is 2.53. The molecule has 3 aromatic heterocycles. The summed E-state index contributed by atoms with van der Waals surface area (Å²) < 4.78 is 5.44. The number of aliphatic hydroxyl groups excluding tert-OH is 1. The SMILES string of the molecule is Cc1cc2c(N(CCO)Cc3ccco3)nc(N(C)C)nc2[nH]1. The van der Waals surface area contributed by atoms with Crippen molar-refractivity contribution in [1.29, 1.82) is 0 Å². The Balaban J connectivity index is 2.09. The Labute approximate surface area is 134 Å². The number of nitrogens with one attached hydrogen (secondary N) is 1. The van der Waals surface area contributed by atoms with Crippen molar-refractivity contribution in [2.45, 2.75) is 13.5 Å². The van der Waals surface area contributed by atoms with E-state index in [1.165, 1.54) is 0 Å². The third kappa shape index (κ3) is 3.14. The number of hydrogen-bond donors (Lipinski definition) is 2. The van der Waals surface area contributed by atoms with Crippen molar-refractivity contribution in [1.82, 2.24) is 15.0 Å². The molecule has 23 heavy (non-hydrogen) atoms. The van der Waals surface area contributed by atoms with Crippen LogP contribution in [0.2, 0.25) is 0 Å². The summed E-state index contributed by atoms with van der Waals surface area (Å²) in [5, 5.41) is 10.4. The number of hydrogen-bond acceptors (Lipinski definition) is 6. The molecule has 3 heterocycles. The predicted octanol–water partition coefficient (Wildman–Crippen LogP) is 1.92. The number of aromatic amines is 1. The molecule has 0 aliphatic rings. The lowest BCUT2D eigenvalue weighted by Gasteiger charge is -2.23. The molecule has 7 nitrogen and oxygen atoms in total. The van der Waals surface area contributed by atoms with E-state index in [0.29, 0.717) is 19.0 Å². The van der Waals surface area contributed by atoms with Gasteiger partial charge in [-0.15, -0.1) is 0 Å². The number of furan rings is 1. The number of fused-ring (bicyclic) bond motifs is 1. The minimum atomic E-state index is 0.0346. The van der Waals surface area contributed by atoms with Gasteiger partial charge in [0.2, 0.25) is 5.95 Å². The average Bonchev–Trinajstić information content (AvgIpc) is 3.13. The summed E-state index contributed by atoms with van der Waals surface area (Å²) >= 11 is 0. The molecule has 0 fully saturated rings. The molecule has 0 saturated heterocycles. The Hall–Kier alpha value is -2.54. The van der Waals surface area contributed by atoms with Crippen molar-refractivity contribution in [2.75, 3.05) is 37.0 Å². The Morgan fingerprint density at radius 3 is 2.78 bits per heavy atom. The number of aryl methyl sites for hydroxylation is 1. The summed E-state index contributed by atoms with van der Waals surface area (Å²) in [5.74, 6) is 2.23. The van der Waals surface area contributed by atoms with Gasteiger partial charge in [0.25, 0.3) is 0 Å². The zero-order valence-electron chi connectivity index (χ0n) is 13.6. The highest BCUT2D eigenvalue weighted by molar-refractivity contribution is 5.89. The molecule has 0 radical (unpaired) electrons. The third-order valence-electron chi connectivity index (χ3n) is 3.59. The van der Waals surface area contributed by atoms with Gasteiger partial charge < -0.3 is 24.3 Å². The number of nitrogens with zero attached hydrogens (tertiary/aromatic N) is 4. The molecule has 0 aromatic carbocycles. The number of rotatable bonds is 6. The van der Waals surface area contributed by atoms with Crippen molar-refractivity contribution in [2.24, 2.45) is 0 Å². The Bertz CT molecular complexity index is 779. The Morgan fingerprint density at radius 2 is 2.13 bits per heavy atom. The molecule has 2 N–H and O–H groups in total. The first-order valence-corrected chi connectivity index (χ1v) is 7.51. The van der Waals surface area contributed by atoms with Crippen LogP contribution in [0.1, 0.15) is 11.5 Å². The molecule has 0 unspecified atom stereocenters. The highest BCUT2D eigenvalue weighted by atomic mass is 16.3. The summed E-state index contributed by atoms with van der Waals surface area (Å²) in [7, 11) is 3.81. The van der Waals surface area contributed by atoms with Crippen molar-refractivity contribution in [3.63, 3.8) is 0 Å². The normalized spacial score (nSPS) is 11.1. The maximum Gasteiger partial charge on any atom is 0.228 e. The largest absolute Gasteiger partial charge is 0.467 e. The first-order valence-electron chi connectivity index (χ1n) is 7.51. The van der Waals surface area contributed by atoms with Crippen LogP contribution in [-0.4, -0.2) is 47.3 Å². The second kappa shape index (κ2) is 6.29. The van der Waals surface area contributed by atoms with Crippen LogP contribution in [0.5, 0.6) is 0 Å². The maximum absolute atomic E-state index is 9.45. The molecular formula is C16H21N5O2. The number of H-pyrrole nitrogens is 1. The lowest BCUT2D eigenvalue weighted by molar-refractivity contribution is 0.300. The van der Waals surface area contributed by atoms with Gasteiger partial charge in [0.15, 0.2) is 0 Å². The number of aromatic nitrogens is 3. The van der Waals surface area contributed by atoms with Gasteiger partial charge in [0.05, 0.1) is 24.8 Å². The molecule has 0 aliphatic heterocycles. The molecule has 0 amide bonds. The second-order valence-corrected chi connectivity index (χ2v) is 5.68. The van der Waals surface area contributed by atoms with E-state index in [2.05, 4.69) is 15.0 Å². The van der Waals surface area contributed by atoms with Crippen LogP contribution < -0.4 is 9.80 Å². The lowest BCUT2D eigenvalue weighted by Crippen LogP contribution is -2.28. The Morgan fingerprint density at radius 1 is 1.30 bits per heavy atom. The summed E-state index contributed by atoms with van der Waals surface area (Å²) in [5.41, 5.74) is 1.81. The van der Waals surface area contributed by atoms with Gasteiger partial charge in [0.1, 0.15) is 17.2 Å².